The summed E-state index contributed by atoms with van der Waals surface area (Å²) in [6, 6.07) is 5.71. The number of rotatable bonds is 3. The average Bonchev–Trinajstić information content (AvgIpc) is 3.04. The van der Waals surface area contributed by atoms with Crippen molar-refractivity contribution >= 4 is 33.2 Å². The second kappa shape index (κ2) is 6.53. The molecule has 0 saturated heterocycles. The minimum absolute atomic E-state index is 0.00144. The van der Waals surface area contributed by atoms with E-state index < -0.39 is 0 Å². The fraction of sp³-hybridized carbons (Fsp3) is 0.353. The topological polar surface area (TPSA) is 38.8 Å². The van der Waals surface area contributed by atoms with Gasteiger partial charge in [-0.2, -0.15) is 0 Å². The number of carbonyl (C=O) groups excluding carboxylic acids is 1. The quantitative estimate of drug-likeness (QED) is 0.777. The third-order valence-electron chi connectivity index (χ3n) is 4.23. The number of hydrogen-bond donors (Lipinski definition) is 0. The Bertz CT molecular complexity index is 718. The molecule has 0 unspecified atom stereocenters. The maximum Gasteiger partial charge on any atom is 0.254 e. The molecule has 1 aromatic carbocycles. The van der Waals surface area contributed by atoms with Crippen molar-refractivity contribution in [2.75, 3.05) is 20.8 Å². The molecule has 1 aromatic heterocycles. The predicted octanol–water partition coefficient (Wildman–Crippen LogP) is 4.29. The van der Waals surface area contributed by atoms with Crippen molar-refractivity contribution < 1.29 is 14.3 Å². The number of ether oxygens (including phenoxy) is 2. The van der Waals surface area contributed by atoms with Gasteiger partial charge in [-0.1, -0.05) is 0 Å². The van der Waals surface area contributed by atoms with Crippen molar-refractivity contribution in [2.45, 2.75) is 19.4 Å². The van der Waals surface area contributed by atoms with Gasteiger partial charge in [-0.25, -0.2) is 0 Å². The third kappa shape index (κ3) is 2.85. The normalized spacial score (nSPS) is 16.9. The van der Waals surface area contributed by atoms with E-state index in [0.29, 0.717) is 21.5 Å². The Morgan fingerprint density at radius 2 is 1.96 bits per heavy atom. The third-order valence-corrected chi connectivity index (χ3v) is 6.01. The summed E-state index contributed by atoms with van der Waals surface area (Å²) in [6.45, 7) is 2.81. The number of halogens is 1. The van der Waals surface area contributed by atoms with Crippen LogP contribution in [0.2, 0.25) is 0 Å². The van der Waals surface area contributed by atoms with Crippen LogP contribution >= 0.6 is 27.3 Å². The largest absolute Gasteiger partial charge is 0.495 e. The van der Waals surface area contributed by atoms with E-state index in [1.807, 2.05) is 4.90 Å². The predicted molar refractivity (Wildman–Crippen MR) is 94.7 cm³/mol. The minimum atomic E-state index is -0.00144. The van der Waals surface area contributed by atoms with Gasteiger partial charge in [0.25, 0.3) is 5.91 Å². The maximum absolute atomic E-state index is 13.0. The number of carbonyl (C=O) groups is 1. The first kappa shape index (κ1) is 16.3. The monoisotopic (exact) mass is 395 g/mol. The molecule has 0 fully saturated rings. The molecule has 3 rings (SSSR count). The molecule has 1 amide bonds. The van der Waals surface area contributed by atoms with Gasteiger partial charge in [-0.05, 0) is 58.4 Å². The molecule has 0 aliphatic carbocycles. The highest BCUT2D eigenvalue weighted by Gasteiger charge is 2.29. The fourth-order valence-electron chi connectivity index (χ4n) is 2.95. The summed E-state index contributed by atoms with van der Waals surface area (Å²) in [7, 11) is 3.16. The summed E-state index contributed by atoms with van der Waals surface area (Å²) in [5.41, 5.74) is 1.83. The first-order chi connectivity index (χ1) is 11.1. The molecule has 0 spiro atoms. The molecule has 6 heteroatoms. The van der Waals surface area contributed by atoms with E-state index in [1.165, 1.54) is 10.4 Å². The minimum Gasteiger partial charge on any atom is -0.495 e. The summed E-state index contributed by atoms with van der Waals surface area (Å²) >= 11 is 5.20. The molecule has 122 valence electrons. The van der Waals surface area contributed by atoms with E-state index in [4.69, 9.17) is 9.47 Å². The van der Waals surface area contributed by atoms with Gasteiger partial charge in [-0.3, -0.25) is 4.79 Å². The van der Waals surface area contributed by atoms with E-state index >= 15 is 0 Å². The van der Waals surface area contributed by atoms with Gasteiger partial charge in [0.2, 0.25) is 0 Å². The molecule has 1 aliphatic rings. The van der Waals surface area contributed by atoms with Crippen LogP contribution in [-0.2, 0) is 6.42 Å². The lowest BCUT2D eigenvalue weighted by atomic mass is 10.00. The molecule has 23 heavy (non-hydrogen) atoms. The van der Waals surface area contributed by atoms with Gasteiger partial charge in [0.1, 0.15) is 16.0 Å². The summed E-state index contributed by atoms with van der Waals surface area (Å²) < 4.78 is 11.4. The lowest BCUT2D eigenvalue weighted by molar-refractivity contribution is 0.0678. The zero-order chi connectivity index (χ0) is 16.6. The number of benzene rings is 1. The Morgan fingerprint density at radius 1 is 1.30 bits per heavy atom. The van der Waals surface area contributed by atoms with Gasteiger partial charge >= 0.3 is 0 Å². The number of fused-ring (bicyclic) bond motifs is 1. The molecule has 0 bridgehead atoms. The van der Waals surface area contributed by atoms with E-state index in [1.54, 1.807) is 37.7 Å². The molecule has 1 atom stereocenters. The van der Waals surface area contributed by atoms with Crippen LogP contribution in [0.5, 0.6) is 11.5 Å². The Balaban J connectivity index is 1.95. The van der Waals surface area contributed by atoms with E-state index in [2.05, 4.69) is 34.3 Å². The summed E-state index contributed by atoms with van der Waals surface area (Å²) in [5, 5.41) is 2.10. The molecular formula is C17H18BrNO3S. The summed E-state index contributed by atoms with van der Waals surface area (Å²) in [6.07, 6.45) is 0.911. The van der Waals surface area contributed by atoms with E-state index in [0.717, 1.165) is 13.0 Å². The zero-order valence-corrected chi connectivity index (χ0v) is 15.7. The van der Waals surface area contributed by atoms with Crippen LogP contribution in [-0.4, -0.2) is 31.6 Å². The van der Waals surface area contributed by atoms with Crippen LogP contribution in [0.25, 0.3) is 0 Å². The van der Waals surface area contributed by atoms with Crippen molar-refractivity contribution in [3.63, 3.8) is 0 Å². The number of nitrogens with zero attached hydrogens (tertiary/aromatic N) is 1. The number of thiophene rings is 1. The van der Waals surface area contributed by atoms with Crippen molar-refractivity contribution in [2.24, 2.45) is 0 Å². The summed E-state index contributed by atoms with van der Waals surface area (Å²) in [4.78, 5) is 16.3. The number of methoxy groups -OCH3 is 2. The van der Waals surface area contributed by atoms with Gasteiger partial charge in [0, 0.05) is 17.0 Å². The van der Waals surface area contributed by atoms with Crippen molar-refractivity contribution in [3.8, 4) is 11.5 Å². The highest BCUT2D eigenvalue weighted by molar-refractivity contribution is 9.10. The second-order valence-corrected chi connectivity index (χ2v) is 7.21. The van der Waals surface area contributed by atoms with Crippen molar-refractivity contribution in [3.05, 3.63) is 44.1 Å². The van der Waals surface area contributed by atoms with Crippen molar-refractivity contribution in [1.82, 2.24) is 4.90 Å². The molecular weight excluding hydrogens is 378 g/mol. The first-order valence-corrected chi connectivity index (χ1v) is 9.02. The van der Waals surface area contributed by atoms with Crippen LogP contribution < -0.4 is 9.47 Å². The first-order valence-electron chi connectivity index (χ1n) is 7.35. The molecule has 0 saturated carbocycles. The fourth-order valence-corrected chi connectivity index (χ4v) is 4.46. The van der Waals surface area contributed by atoms with Crippen LogP contribution in [0.4, 0.5) is 0 Å². The summed E-state index contributed by atoms with van der Waals surface area (Å²) in [5.74, 6) is 1.18. The van der Waals surface area contributed by atoms with Gasteiger partial charge in [0.15, 0.2) is 0 Å². The smallest absolute Gasteiger partial charge is 0.254 e. The molecule has 1 aliphatic heterocycles. The number of hydrogen-bond acceptors (Lipinski definition) is 4. The Kier molecular flexibility index (Phi) is 4.64. The lowest BCUT2D eigenvalue weighted by Gasteiger charge is -2.34. The van der Waals surface area contributed by atoms with Crippen LogP contribution in [0.3, 0.4) is 0 Å². The lowest BCUT2D eigenvalue weighted by Crippen LogP contribution is -2.38. The van der Waals surface area contributed by atoms with Crippen LogP contribution in [0, 0.1) is 0 Å². The van der Waals surface area contributed by atoms with Gasteiger partial charge < -0.3 is 14.4 Å². The van der Waals surface area contributed by atoms with Gasteiger partial charge in [0.05, 0.1) is 20.3 Å². The molecule has 4 nitrogen and oxygen atoms in total. The maximum atomic E-state index is 13.0. The Hall–Kier alpha value is -1.53. The highest BCUT2D eigenvalue weighted by atomic mass is 79.9. The second-order valence-electron chi connectivity index (χ2n) is 5.42. The van der Waals surface area contributed by atoms with Crippen LogP contribution in [0.1, 0.15) is 33.8 Å². The zero-order valence-electron chi connectivity index (χ0n) is 13.3. The Labute approximate surface area is 148 Å². The molecule has 2 heterocycles. The molecule has 0 N–H and O–H groups in total. The number of amides is 1. The van der Waals surface area contributed by atoms with Crippen LogP contribution in [0.15, 0.2) is 28.1 Å². The molecule has 0 radical (unpaired) electrons. The highest BCUT2D eigenvalue weighted by Crippen LogP contribution is 2.38. The molecule has 2 aromatic rings. The standard InChI is InChI=1S/C17H18BrNO3S/c1-10-12-5-7-23-15(12)4-6-19(10)17(20)11-8-13(21-2)16(18)14(9-11)22-3/h5,7-10H,4,6H2,1-3H3/t10-/m0/s1. The van der Waals surface area contributed by atoms with E-state index in [9.17, 15) is 4.79 Å². The van der Waals surface area contributed by atoms with Gasteiger partial charge in [-0.15, -0.1) is 11.3 Å². The van der Waals surface area contributed by atoms with E-state index in [-0.39, 0.29) is 11.9 Å². The SMILES string of the molecule is COc1cc(C(=O)N2CCc3sccc3[C@@H]2C)cc(OC)c1Br. The average molecular weight is 396 g/mol. The Morgan fingerprint density at radius 3 is 2.57 bits per heavy atom. The van der Waals surface area contributed by atoms with Crippen molar-refractivity contribution in [1.29, 1.82) is 0 Å².